The molecule has 0 saturated carbocycles. The van der Waals surface area contributed by atoms with Gasteiger partial charge in [0.2, 0.25) is 0 Å². The van der Waals surface area contributed by atoms with Crippen molar-refractivity contribution in [1.82, 2.24) is 0 Å². The van der Waals surface area contributed by atoms with Crippen molar-refractivity contribution >= 4 is 98.8 Å². The average molecular weight is 1330 g/mol. The molecule has 0 spiro atoms. The van der Waals surface area contributed by atoms with E-state index in [9.17, 15) is 0 Å². The van der Waals surface area contributed by atoms with Crippen LogP contribution in [0.15, 0.2) is 170 Å². The van der Waals surface area contributed by atoms with Crippen molar-refractivity contribution < 1.29 is 37.9 Å². The van der Waals surface area contributed by atoms with E-state index in [0.29, 0.717) is 0 Å². The Morgan fingerprint density at radius 3 is 0.650 bits per heavy atom. The van der Waals surface area contributed by atoms with Crippen LogP contribution in [0.4, 0.5) is 34.1 Å². The van der Waals surface area contributed by atoms with Crippen molar-refractivity contribution in [3.63, 3.8) is 0 Å². The number of fused-ring (bicyclic) bond motifs is 6. The Balaban J connectivity index is 1.17. The summed E-state index contributed by atoms with van der Waals surface area (Å²) >= 11 is 0. The third kappa shape index (κ3) is 12.8. The van der Waals surface area contributed by atoms with E-state index in [1.165, 1.54) is 32.7 Å². The van der Waals surface area contributed by atoms with Crippen LogP contribution in [0.1, 0.15) is 133 Å². The number of anilines is 6. The van der Waals surface area contributed by atoms with Gasteiger partial charge in [0.05, 0.1) is 83.0 Å². The van der Waals surface area contributed by atoms with Crippen molar-refractivity contribution in [1.29, 1.82) is 0 Å². The summed E-state index contributed by atoms with van der Waals surface area (Å²) in [5, 5.41) is 13.9. The number of hydrogen-bond donors (Lipinski definition) is 0. The molecular formula is C90H96N2O8. The summed E-state index contributed by atoms with van der Waals surface area (Å²) in [4.78, 5) is 4.69. The molecule has 514 valence electrons. The van der Waals surface area contributed by atoms with Crippen LogP contribution < -0.4 is 47.7 Å². The number of nitrogens with zero attached hydrogens (tertiary/aromatic N) is 2. The van der Waals surface area contributed by atoms with Crippen LogP contribution in [0.2, 0.25) is 0 Å². The standard InChI is InChI=1S/C90H96N2O8/c1-49(2)93-75-41-63(42-76(57(75)17)94-50(3)4)91(64-43-77(95-51(5)6)58(18)78(44-64)96-52(7)8)73-39-37-71-85-67(73)33-27-35-69(85)87-83(61-29-23-21-24-30-61)90-72-38-40-74(68-34-28-36-70(86(68)72)88(90)84(89(71)87)62-31-25-22-26-32-62)92(65-45-79(97-53(9)10)59(19)80(46-65)98-54(11)12)66-47-81(99-55(13)14)60(20)82(48-66)100-56(15)16/h21-56H,1-20H3. The SMILES string of the molecule is Cc1c(OC(C)C)cc(N(c2cc(OC(C)C)c(C)c(OC(C)C)c2)c2ccc3c4c(-c5ccccc5)c5c6cccc7c(N(c8cc(OC(C)C)c(C)c(OC(C)C)c8)c8cc(OC(C)C)c(C)c(OC(C)C)c8)ccc(c5c(-c5ccccc5)c4c4cccc2c43)c76)cc1OC(C)C. The molecule has 0 amide bonds. The maximum atomic E-state index is 6.73. The molecule has 0 aliphatic carbocycles. The van der Waals surface area contributed by atoms with Gasteiger partial charge in [-0.3, -0.25) is 0 Å². The van der Waals surface area contributed by atoms with Crippen LogP contribution >= 0.6 is 0 Å². The molecule has 0 N–H and O–H groups in total. The van der Waals surface area contributed by atoms with Gasteiger partial charge in [-0.25, -0.2) is 0 Å². The second-order valence-electron chi connectivity index (χ2n) is 29.0. The third-order valence-electron chi connectivity index (χ3n) is 18.3. The van der Waals surface area contributed by atoms with Crippen molar-refractivity contribution in [2.24, 2.45) is 0 Å². The van der Waals surface area contributed by atoms with Gasteiger partial charge in [0.1, 0.15) is 46.0 Å². The molecule has 10 heteroatoms. The summed E-state index contributed by atoms with van der Waals surface area (Å²) in [5.74, 6) is 5.98. The molecule has 0 saturated heterocycles. The molecule has 0 aliphatic rings. The van der Waals surface area contributed by atoms with Gasteiger partial charge < -0.3 is 47.7 Å². The lowest BCUT2D eigenvalue weighted by Crippen LogP contribution is -2.16. The Hall–Kier alpha value is -10.1. The number of benzene rings is 11. The minimum Gasteiger partial charge on any atom is -0.491 e. The maximum absolute atomic E-state index is 6.73. The minimum atomic E-state index is -0.0951. The van der Waals surface area contributed by atoms with E-state index >= 15 is 0 Å². The molecule has 0 atom stereocenters. The van der Waals surface area contributed by atoms with Crippen molar-refractivity contribution in [2.45, 2.75) is 187 Å². The van der Waals surface area contributed by atoms with Crippen LogP contribution in [-0.4, -0.2) is 48.8 Å². The van der Waals surface area contributed by atoms with E-state index in [4.69, 9.17) is 37.9 Å². The fourth-order valence-corrected chi connectivity index (χ4v) is 14.6. The average Bonchev–Trinajstić information content (AvgIpc) is 1.51. The summed E-state index contributed by atoms with van der Waals surface area (Å²) in [5.41, 5.74) is 13.8. The zero-order chi connectivity index (χ0) is 70.9. The van der Waals surface area contributed by atoms with Crippen molar-refractivity contribution in [3.05, 3.63) is 192 Å². The van der Waals surface area contributed by atoms with Crippen LogP contribution in [-0.2, 0) is 0 Å². The van der Waals surface area contributed by atoms with Crippen LogP contribution in [0.25, 0.3) is 86.9 Å². The van der Waals surface area contributed by atoms with Gasteiger partial charge in [-0.15, -0.1) is 0 Å². The van der Waals surface area contributed by atoms with Crippen molar-refractivity contribution in [2.75, 3.05) is 9.80 Å². The normalized spacial score (nSPS) is 12.1. The van der Waals surface area contributed by atoms with Gasteiger partial charge in [0.25, 0.3) is 0 Å². The first kappa shape index (κ1) is 68.5. The number of rotatable bonds is 24. The lowest BCUT2D eigenvalue weighted by atomic mass is 9.87. The molecule has 100 heavy (non-hydrogen) atoms. The van der Waals surface area contributed by atoms with E-state index in [0.717, 1.165) is 157 Å². The molecule has 0 aliphatic heterocycles. The quantitative estimate of drug-likeness (QED) is 0.0584. The maximum Gasteiger partial charge on any atom is 0.128 e. The Morgan fingerprint density at radius 1 is 0.220 bits per heavy atom. The molecule has 0 heterocycles. The zero-order valence-electron chi connectivity index (χ0n) is 61.9. The molecule has 0 radical (unpaired) electrons. The molecule has 13 aromatic carbocycles. The first-order chi connectivity index (χ1) is 47.8. The smallest absolute Gasteiger partial charge is 0.128 e. The molecule has 0 fully saturated rings. The van der Waals surface area contributed by atoms with E-state index < -0.39 is 0 Å². The van der Waals surface area contributed by atoms with Gasteiger partial charge in [0, 0.05) is 81.6 Å². The second-order valence-corrected chi connectivity index (χ2v) is 29.0. The minimum absolute atomic E-state index is 0.0951. The van der Waals surface area contributed by atoms with E-state index in [1.807, 2.05) is 0 Å². The molecule has 0 bridgehead atoms. The highest BCUT2D eigenvalue weighted by Crippen LogP contribution is 2.59. The Bertz CT molecular complexity index is 4510. The Morgan fingerprint density at radius 2 is 0.430 bits per heavy atom. The summed E-state index contributed by atoms with van der Waals surface area (Å²) in [6.45, 7) is 41.5. The summed E-state index contributed by atoms with van der Waals surface area (Å²) in [6.07, 6.45) is -0.761. The van der Waals surface area contributed by atoms with Crippen LogP contribution in [0.5, 0.6) is 46.0 Å². The number of hydrogen-bond acceptors (Lipinski definition) is 10. The molecule has 0 aromatic heterocycles. The highest BCUT2D eigenvalue weighted by Gasteiger charge is 2.32. The van der Waals surface area contributed by atoms with Gasteiger partial charge >= 0.3 is 0 Å². The molecule has 10 nitrogen and oxygen atoms in total. The Labute approximate surface area is 590 Å². The monoisotopic (exact) mass is 1330 g/mol. The molecule has 13 aromatic rings. The molecular weight excluding hydrogens is 1240 g/mol. The second kappa shape index (κ2) is 27.6. The lowest BCUT2D eigenvalue weighted by Gasteiger charge is -2.30. The molecule has 0 unspecified atom stereocenters. The fourth-order valence-electron chi connectivity index (χ4n) is 14.6. The van der Waals surface area contributed by atoms with Gasteiger partial charge in [-0.1, -0.05) is 109 Å². The first-order valence-corrected chi connectivity index (χ1v) is 35.8. The number of ether oxygens (including phenoxy) is 8. The largest absolute Gasteiger partial charge is 0.491 e. The van der Waals surface area contributed by atoms with Gasteiger partial charge in [-0.2, -0.15) is 0 Å². The first-order valence-electron chi connectivity index (χ1n) is 35.8. The Kier molecular flexibility index (Phi) is 18.9. The third-order valence-corrected chi connectivity index (χ3v) is 18.3. The zero-order valence-corrected chi connectivity index (χ0v) is 61.9. The van der Waals surface area contributed by atoms with E-state index in [2.05, 4.69) is 318 Å². The predicted octanol–water partition coefficient (Wildman–Crippen LogP) is 25.3. The van der Waals surface area contributed by atoms with E-state index in [1.54, 1.807) is 0 Å². The predicted molar refractivity (Wildman–Crippen MR) is 419 cm³/mol. The van der Waals surface area contributed by atoms with E-state index in [-0.39, 0.29) is 48.8 Å². The lowest BCUT2D eigenvalue weighted by molar-refractivity contribution is 0.225. The van der Waals surface area contributed by atoms with Gasteiger partial charge in [-0.05, 0) is 227 Å². The molecule has 13 rings (SSSR count). The van der Waals surface area contributed by atoms with Crippen LogP contribution in [0, 0.1) is 27.7 Å². The summed E-state index contributed by atoms with van der Waals surface area (Å²) in [6, 6.07) is 62.5. The summed E-state index contributed by atoms with van der Waals surface area (Å²) < 4.78 is 53.8. The highest BCUT2D eigenvalue weighted by atomic mass is 16.5. The summed E-state index contributed by atoms with van der Waals surface area (Å²) in [7, 11) is 0. The van der Waals surface area contributed by atoms with Crippen LogP contribution in [0.3, 0.4) is 0 Å². The highest BCUT2D eigenvalue weighted by molar-refractivity contribution is 6.47. The topological polar surface area (TPSA) is 80.3 Å². The fraction of sp³-hybridized carbons (Fsp3) is 0.311. The van der Waals surface area contributed by atoms with Gasteiger partial charge in [0.15, 0.2) is 0 Å². The van der Waals surface area contributed by atoms with Crippen molar-refractivity contribution in [3.8, 4) is 68.2 Å².